The number of pyridine rings is 2. The highest BCUT2D eigenvalue weighted by molar-refractivity contribution is 6.06. The maximum Gasteiger partial charge on any atom is 0.257 e. The van der Waals surface area contributed by atoms with Crippen LogP contribution in [-0.4, -0.2) is 21.8 Å². The van der Waals surface area contributed by atoms with Crippen molar-refractivity contribution < 1.29 is 26.7 Å². The summed E-state index contributed by atoms with van der Waals surface area (Å²) in [6.07, 6.45) is 1.97. The topological polar surface area (TPSA) is 54.9 Å². The number of anilines is 1. The van der Waals surface area contributed by atoms with Gasteiger partial charge in [0.25, 0.3) is 5.91 Å². The van der Waals surface area contributed by atoms with Crippen LogP contribution in [0.5, 0.6) is 0 Å². The van der Waals surface area contributed by atoms with E-state index in [1.54, 1.807) is 0 Å². The molecule has 9 heteroatoms. The van der Waals surface area contributed by atoms with Crippen molar-refractivity contribution in [2.75, 3.05) is 5.32 Å². The predicted octanol–water partition coefficient (Wildman–Crippen LogP) is 6.11. The molecule has 0 unspecified atom stereocenters. The molecule has 1 fully saturated rings. The number of rotatable bonds is 4. The third-order valence-electron chi connectivity index (χ3n) is 5.53. The summed E-state index contributed by atoms with van der Waals surface area (Å²) in [6.45, 7) is 0. The summed E-state index contributed by atoms with van der Waals surface area (Å²) in [5.41, 5.74) is 0.490. The zero-order valence-corrected chi connectivity index (χ0v) is 16.7. The van der Waals surface area contributed by atoms with Gasteiger partial charge in [0.2, 0.25) is 11.9 Å². The van der Waals surface area contributed by atoms with Gasteiger partial charge in [-0.15, -0.1) is 0 Å². The summed E-state index contributed by atoms with van der Waals surface area (Å²) >= 11 is 0. The van der Waals surface area contributed by atoms with Crippen LogP contribution in [0.1, 0.15) is 47.7 Å². The Kier molecular flexibility index (Phi) is 5.90. The number of alkyl halides is 2. The van der Waals surface area contributed by atoms with Crippen LogP contribution in [0, 0.1) is 17.6 Å². The number of hydrogen-bond donors (Lipinski definition) is 1. The molecule has 0 aliphatic heterocycles. The molecule has 0 radical (unpaired) electrons. The lowest BCUT2D eigenvalue weighted by Gasteiger charge is -2.29. The number of nitrogens with one attached hydrogen (secondary N) is 1. The molecular weight excluding hydrogens is 429 g/mol. The lowest BCUT2D eigenvalue weighted by Crippen LogP contribution is -2.25. The molecule has 2 heterocycles. The van der Waals surface area contributed by atoms with Gasteiger partial charge in [-0.3, -0.25) is 9.78 Å². The second-order valence-electron chi connectivity index (χ2n) is 7.70. The minimum atomic E-state index is -2.77. The minimum Gasteiger partial charge on any atom is -0.320 e. The Bertz CT molecular complexity index is 1140. The molecule has 1 aromatic carbocycles. The molecule has 1 amide bonds. The predicted molar refractivity (Wildman–Crippen MR) is 108 cm³/mol. The van der Waals surface area contributed by atoms with E-state index in [4.69, 9.17) is 0 Å². The number of hydrogen-bond acceptors (Lipinski definition) is 3. The molecule has 166 valence electrons. The van der Waals surface area contributed by atoms with Gasteiger partial charge in [0.05, 0.1) is 16.9 Å². The quantitative estimate of drug-likeness (QED) is 0.388. The average Bonchev–Trinajstić information content (AvgIpc) is 2.76. The van der Waals surface area contributed by atoms with E-state index < -0.39 is 35.3 Å². The maximum atomic E-state index is 14.6. The van der Waals surface area contributed by atoms with Crippen molar-refractivity contribution in [2.45, 2.75) is 37.5 Å². The van der Waals surface area contributed by atoms with E-state index in [0.717, 1.165) is 30.5 Å². The number of carbonyl (C=O) groups excluding carboxylic acids is 1. The first-order valence-corrected chi connectivity index (χ1v) is 9.98. The fourth-order valence-corrected chi connectivity index (χ4v) is 3.86. The zero-order chi connectivity index (χ0) is 22.9. The molecule has 1 aliphatic carbocycles. The molecule has 3 aromatic rings. The molecule has 0 bridgehead atoms. The first kappa shape index (κ1) is 21.9. The first-order valence-electron chi connectivity index (χ1n) is 9.98. The molecule has 1 N–H and O–H groups in total. The number of amides is 1. The summed E-state index contributed by atoms with van der Waals surface area (Å²) in [5.74, 6) is -6.03. The van der Waals surface area contributed by atoms with Crippen molar-refractivity contribution in [2.24, 2.45) is 0 Å². The van der Waals surface area contributed by atoms with E-state index in [2.05, 4.69) is 15.3 Å². The third kappa shape index (κ3) is 4.61. The summed E-state index contributed by atoms with van der Waals surface area (Å²) < 4.78 is 68.9. The number of carbonyl (C=O) groups is 1. The molecule has 2 aromatic heterocycles. The Morgan fingerprint density at radius 1 is 0.969 bits per heavy atom. The molecule has 1 aliphatic rings. The van der Waals surface area contributed by atoms with Crippen molar-refractivity contribution in [3.05, 3.63) is 77.6 Å². The number of benzene rings is 1. The highest BCUT2D eigenvalue weighted by atomic mass is 19.3. The van der Waals surface area contributed by atoms with Crippen LogP contribution < -0.4 is 5.32 Å². The van der Waals surface area contributed by atoms with Gasteiger partial charge < -0.3 is 5.32 Å². The van der Waals surface area contributed by atoms with Gasteiger partial charge in [-0.25, -0.2) is 22.5 Å². The molecule has 0 atom stereocenters. The molecule has 1 saturated carbocycles. The Morgan fingerprint density at radius 2 is 1.72 bits per heavy atom. The molecule has 4 rings (SSSR count). The number of nitrogens with zero attached hydrogens (tertiary/aromatic N) is 2. The van der Waals surface area contributed by atoms with E-state index >= 15 is 0 Å². The van der Waals surface area contributed by atoms with Crippen molar-refractivity contribution in [3.8, 4) is 11.1 Å². The van der Waals surface area contributed by atoms with Crippen LogP contribution in [0.3, 0.4) is 0 Å². The van der Waals surface area contributed by atoms with Crippen molar-refractivity contribution in [1.29, 1.82) is 0 Å². The zero-order valence-electron chi connectivity index (χ0n) is 16.7. The molecule has 0 spiro atoms. The van der Waals surface area contributed by atoms with Gasteiger partial charge in [0.1, 0.15) is 11.6 Å². The fourth-order valence-electron chi connectivity index (χ4n) is 3.86. The normalized spacial score (nSPS) is 16.0. The van der Waals surface area contributed by atoms with Crippen molar-refractivity contribution >= 4 is 11.6 Å². The summed E-state index contributed by atoms with van der Waals surface area (Å²) in [7, 11) is 0. The Hall–Kier alpha value is -3.36. The second-order valence-corrected chi connectivity index (χ2v) is 7.70. The van der Waals surface area contributed by atoms with Crippen LogP contribution in [0.2, 0.25) is 0 Å². The van der Waals surface area contributed by atoms with Crippen LogP contribution in [0.25, 0.3) is 11.1 Å². The van der Waals surface area contributed by atoms with E-state index in [0.29, 0.717) is 5.69 Å². The van der Waals surface area contributed by atoms with E-state index in [9.17, 15) is 26.7 Å². The van der Waals surface area contributed by atoms with Crippen molar-refractivity contribution in [1.82, 2.24) is 9.97 Å². The van der Waals surface area contributed by atoms with E-state index in [-0.39, 0.29) is 48.1 Å². The second kappa shape index (κ2) is 8.64. The molecular formula is C23H18F5N3O. The summed E-state index contributed by atoms with van der Waals surface area (Å²) in [6, 6.07) is 6.55. The average molecular weight is 447 g/mol. The minimum absolute atomic E-state index is 0.0297. The Labute approximate surface area is 180 Å². The standard InChI is InChI=1S/C23H18F5N3O/c24-15-2-3-18(25)17(11-15)16-7-10-29-20(13-5-8-23(27,28)9-6-13)21(16)31-22(32)14-1-4-19(26)30-12-14/h1-4,7,10-13H,5-6,8-9H2,(H,31,32). The third-order valence-corrected chi connectivity index (χ3v) is 5.53. The largest absolute Gasteiger partial charge is 0.320 e. The number of aromatic nitrogens is 2. The van der Waals surface area contributed by atoms with Crippen molar-refractivity contribution in [3.63, 3.8) is 0 Å². The smallest absolute Gasteiger partial charge is 0.257 e. The van der Waals surface area contributed by atoms with E-state index in [1.165, 1.54) is 18.3 Å². The SMILES string of the molecule is O=C(Nc1c(-c2cc(F)ccc2F)ccnc1C1CCC(F)(F)CC1)c1ccc(F)nc1. The highest BCUT2D eigenvalue weighted by Gasteiger charge is 2.37. The maximum absolute atomic E-state index is 14.6. The molecule has 0 saturated heterocycles. The summed E-state index contributed by atoms with van der Waals surface area (Å²) in [4.78, 5) is 20.5. The van der Waals surface area contributed by atoms with Crippen LogP contribution in [-0.2, 0) is 0 Å². The van der Waals surface area contributed by atoms with Gasteiger partial charge in [-0.05, 0) is 49.2 Å². The van der Waals surface area contributed by atoms with Crippen LogP contribution in [0.15, 0.2) is 48.8 Å². The van der Waals surface area contributed by atoms with Gasteiger partial charge >= 0.3 is 0 Å². The summed E-state index contributed by atoms with van der Waals surface area (Å²) in [5, 5.41) is 2.64. The van der Waals surface area contributed by atoms with Gasteiger partial charge in [0, 0.05) is 42.3 Å². The number of halogens is 5. The Morgan fingerprint density at radius 3 is 2.41 bits per heavy atom. The lowest BCUT2D eigenvalue weighted by atomic mass is 9.83. The highest BCUT2D eigenvalue weighted by Crippen LogP contribution is 2.44. The molecule has 32 heavy (non-hydrogen) atoms. The van der Waals surface area contributed by atoms with Crippen LogP contribution >= 0.6 is 0 Å². The molecule has 4 nitrogen and oxygen atoms in total. The van der Waals surface area contributed by atoms with E-state index in [1.807, 2.05) is 0 Å². The first-order chi connectivity index (χ1) is 15.2. The van der Waals surface area contributed by atoms with Gasteiger partial charge in [-0.1, -0.05) is 0 Å². The Balaban J connectivity index is 1.79. The van der Waals surface area contributed by atoms with Gasteiger partial charge in [-0.2, -0.15) is 4.39 Å². The monoisotopic (exact) mass is 447 g/mol. The lowest BCUT2D eigenvalue weighted by molar-refractivity contribution is -0.0384. The fraction of sp³-hybridized carbons (Fsp3) is 0.261. The van der Waals surface area contributed by atoms with Gasteiger partial charge in [0.15, 0.2) is 0 Å². The van der Waals surface area contributed by atoms with Crippen LogP contribution in [0.4, 0.5) is 27.6 Å².